The summed E-state index contributed by atoms with van der Waals surface area (Å²) in [6.07, 6.45) is 4.04. The van der Waals surface area contributed by atoms with Crippen molar-refractivity contribution in [2.45, 2.75) is 26.4 Å². The summed E-state index contributed by atoms with van der Waals surface area (Å²) in [6, 6.07) is 12.2. The number of benzene rings is 1. The van der Waals surface area contributed by atoms with Gasteiger partial charge in [-0.15, -0.1) is 0 Å². The Hall–Kier alpha value is -3.32. The van der Waals surface area contributed by atoms with Crippen molar-refractivity contribution in [1.82, 2.24) is 19.4 Å². The van der Waals surface area contributed by atoms with Crippen molar-refractivity contribution in [1.29, 1.82) is 0 Å². The minimum atomic E-state index is -0.514. The first-order valence-electron chi connectivity index (χ1n) is 9.57. The number of imidazole rings is 1. The van der Waals surface area contributed by atoms with Crippen LogP contribution in [0, 0.1) is 5.82 Å². The summed E-state index contributed by atoms with van der Waals surface area (Å²) in [7, 11) is 0. The average molecular weight is 391 g/mol. The van der Waals surface area contributed by atoms with Gasteiger partial charge in [0, 0.05) is 24.5 Å². The molecule has 0 aliphatic heterocycles. The molecule has 148 valence electrons. The third kappa shape index (κ3) is 3.95. The number of rotatable bonds is 6. The number of aliphatic hydroxyl groups is 1. The number of aromatic nitrogens is 4. The molecule has 4 rings (SSSR count). The molecule has 2 N–H and O–H groups in total. The minimum Gasteiger partial charge on any atom is -0.392 e. The zero-order valence-electron chi connectivity index (χ0n) is 16.3. The SMILES string of the molecule is CCc1ccn2c(-c3ccnc(NCC(C)O)n3)c(-c3ccc(F)cc3)nc2c1. The van der Waals surface area contributed by atoms with Crippen molar-refractivity contribution in [3.05, 3.63) is 66.2 Å². The number of nitrogens with one attached hydrogen (secondary N) is 1. The Morgan fingerprint density at radius 1 is 1.14 bits per heavy atom. The zero-order valence-corrected chi connectivity index (χ0v) is 16.3. The Morgan fingerprint density at radius 3 is 2.66 bits per heavy atom. The molecule has 0 bridgehead atoms. The number of hydrogen-bond donors (Lipinski definition) is 2. The van der Waals surface area contributed by atoms with E-state index < -0.39 is 6.10 Å². The Balaban J connectivity index is 1.89. The summed E-state index contributed by atoms with van der Waals surface area (Å²) in [5.41, 5.74) is 5.00. The van der Waals surface area contributed by atoms with E-state index in [1.165, 1.54) is 17.7 Å². The van der Waals surface area contributed by atoms with Crippen LogP contribution in [0.4, 0.5) is 10.3 Å². The largest absolute Gasteiger partial charge is 0.392 e. The van der Waals surface area contributed by atoms with E-state index >= 15 is 0 Å². The number of hydrogen-bond acceptors (Lipinski definition) is 5. The predicted octanol–water partition coefficient (Wildman–Crippen LogP) is 3.95. The lowest BCUT2D eigenvalue weighted by molar-refractivity contribution is 0.208. The van der Waals surface area contributed by atoms with Crippen LogP contribution in [-0.2, 0) is 6.42 Å². The molecule has 1 atom stereocenters. The lowest BCUT2D eigenvalue weighted by Crippen LogP contribution is -2.17. The van der Waals surface area contributed by atoms with E-state index in [2.05, 4.69) is 28.3 Å². The molecule has 6 nitrogen and oxygen atoms in total. The van der Waals surface area contributed by atoms with E-state index in [4.69, 9.17) is 4.98 Å². The summed E-state index contributed by atoms with van der Waals surface area (Å²) < 4.78 is 15.4. The molecule has 1 aromatic carbocycles. The molecular weight excluding hydrogens is 369 g/mol. The third-order valence-electron chi connectivity index (χ3n) is 4.67. The van der Waals surface area contributed by atoms with Crippen molar-refractivity contribution < 1.29 is 9.50 Å². The first-order valence-corrected chi connectivity index (χ1v) is 9.57. The van der Waals surface area contributed by atoms with Crippen molar-refractivity contribution in [3.63, 3.8) is 0 Å². The van der Waals surface area contributed by atoms with Crippen molar-refractivity contribution in [2.75, 3.05) is 11.9 Å². The lowest BCUT2D eigenvalue weighted by atomic mass is 10.1. The van der Waals surface area contributed by atoms with Gasteiger partial charge in [0.15, 0.2) is 0 Å². The monoisotopic (exact) mass is 391 g/mol. The molecule has 0 amide bonds. The highest BCUT2D eigenvalue weighted by Crippen LogP contribution is 2.32. The minimum absolute atomic E-state index is 0.293. The standard InChI is InChI=1S/C22H22FN5O/c1-3-15-9-11-28-19(12-15)27-20(16-4-6-17(23)7-5-16)21(28)18-8-10-24-22(26-18)25-13-14(2)29/h4-12,14,29H,3,13H2,1-2H3,(H,24,25,26). The molecule has 3 aromatic heterocycles. The molecule has 1 unspecified atom stereocenters. The molecule has 3 heterocycles. The fourth-order valence-corrected chi connectivity index (χ4v) is 3.18. The molecule has 0 aliphatic carbocycles. The van der Waals surface area contributed by atoms with E-state index in [1.54, 1.807) is 25.3 Å². The summed E-state index contributed by atoms with van der Waals surface area (Å²) in [6.45, 7) is 4.14. The van der Waals surface area contributed by atoms with Gasteiger partial charge in [-0.05, 0) is 61.4 Å². The molecule has 0 saturated heterocycles. The van der Waals surface area contributed by atoms with E-state index in [-0.39, 0.29) is 5.82 Å². The van der Waals surface area contributed by atoms with Crippen LogP contribution in [0.15, 0.2) is 54.9 Å². The Bertz CT molecular complexity index is 1140. The van der Waals surface area contributed by atoms with Gasteiger partial charge in [0.25, 0.3) is 0 Å². The van der Waals surface area contributed by atoms with Gasteiger partial charge in [0.2, 0.25) is 5.95 Å². The summed E-state index contributed by atoms with van der Waals surface area (Å²) in [5, 5.41) is 12.5. The fourth-order valence-electron chi connectivity index (χ4n) is 3.18. The molecule has 0 aliphatic rings. The van der Waals surface area contributed by atoms with E-state index in [1.807, 2.05) is 22.7 Å². The van der Waals surface area contributed by atoms with Crippen LogP contribution < -0.4 is 5.32 Å². The number of anilines is 1. The van der Waals surface area contributed by atoms with Crippen LogP contribution in [0.25, 0.3) is 28.3 Å². The second-order valence-corrected chi connectivity index (χ2v) is 6.93. The van der Waals surface area contributed by atoms with Crippen LogP contribution in [0.2, 0.25) is 0 Å². The topological polar surface area (TPSA) is 75.3 Å². The normalized spacial score (nSPS) is 12.3. The van der Waals surface area contributed by atoms with Gasteiger partial charge in [0.1, 0.15) is 11.5 Å². The van der Waals surface area contributed by atoms with Gasteiger partial charge in [-0.25, -0.2) is 19.3 Å². The number of aliphatic hydroxyl groups excluding tert-OH is 1. The maximum absolute atomic E-state index is 13.5. The molecule has 0 spiro atoms. The summed E-state index contributed by atoms with van der Waals surface area (Å²) in [4.78, 5) is 13.7. The number of halogens is 1. The second kappa shape index (κ2) is 7.97. The van der Waals surface area contributed by atoms with Gasteiger partial charge in [-0.2, -0.15) is 0 Å². The molecule has 4 aromatic rings. The van der Waals surface area contributed by atoms with E-state index in [0.29, 0.717) is 18.2 Å². The zero-order chi connectivity index (χ0) is 20.4. The van der Waals surface area contributed by atoms with Crippen LogP contribution >= 0.6 is 0 Å². The second-order valence-electron chi connectivity index (χ2n) is 6.93. The Morgan fingerprint density at radius 2 is 1.93 bits per heavy atom. The van der Waals surface area contributed by atoms with Crippen LogP contribution in [0.3, 0.4) is 0 Å². The van der Waals surface area contributed by atoms with Crippen LogP contribution in [0.1, 0.15) is 19.4 Å². The summed E-state index contributed by atoms with van der Waals surface area (Å²) >= 11 is 0. The quantitative estimate of drug-likeness (QED) is 0.520. The first kappa shape index (κ1) is 19.0. The van der Waals surface area contributed by atoms with E-state index in [0.717, 1.165) is 29.0 Å². The maximum atomic E-state index is 13.5. The Kier molecular flexibility index (Phi) is 5.22. The Labute approximate surface area is 168 Å². The first-order chi connectivity index (χ1) is 14.0. The van der Waals surface area contributed by atoms with Crippen molar-refractivity contribution >= 4 is 11.6 Å². The molecular formula is C22H22FN5O. The van der Waals surface area contributed by atoms with Gasteiger partial charge >= 0.3 is 0 Å². The highest BCUT2D eigenvalue weighted by atomic mass is 19.1. The molecule has 0 saturated carbocycles. The van der Waals surface area contributed by atoms with Gasteiger partial charge in [-0.1, -0.05) is 6.92 Å². The predicted molar refractivity (Wildman–Crippen MR) is 111 cm³/mol. The lowest BCUT2D eigenvalue weighted by Gasteiger charge is -2.09. The van der Waals surface area contributed by atoms with Gasteiger partial charge < -0.3 is 10.4 Å². The number of pyridine rings is 1. The maximum Gasteiger partial charge on any atom is 0.223 e. The van der Waals surface area contributed by atoms with Gasteiger partial charge in [0.05, 0.1) is 23.2 Å². The van der Waals surface area contributed by atoms with Crippen LogP contribution in [-0.4, -0.2) is 37.1 Å². The highest BCUT2D eigenvalue weighted by molar-refractivity contribution is 5.80. The summed E-state index contributed by atoms with van der Waals surface area (Å²) in [5.74, 6) is 0.132. The molecule has 7 heteroatoms. The molecule has 0 radical (unpaired) electrons. The van der Waals surface area contributed by atoms with Crippen molar-refractivity contribution in [3.8, 4) is 22.6 Å². The molecule has 29 heavy (non-hydrogen) atoms. The van der Waals surface area contributed by atoms with Crippen molar-refractivity contribution in [2.24, 2.45) is 0 Å². The molecule has 0 fully saturated rings. The number of aryl methyl sites for hydroxylation is 1. The third-order valence-corrected chi connectivity index (χ3v) is 4.67. The van der Waals surface area contributed by atoms with Gasteiger partial charge in [-0.3, -0.25) is 4.40 Å². The fraction of sp³-hybridized carbons (Fsp3) is 0.227. The number of nitrogens with zero attached hydrogens (tertiary/aromatic N) is 4. The smallest absolute Gasteiger partial charge is 0.223 e. The van der Waals surface area contributed by atoms with Crippen LogP contribution in [0.5, 0.6) is 0 Å². The average Bonchev–Trinajstić information content (AvgIpc) is 3.11. The number of fused-ring (bicyclic) bond motifs is 1. The highest BCUT2D eigenvalue weighted by Gasteiger charge is 2.18. The van der Waals surface area contributed by atoms with E-state index in [9.17, 15) is 9.50 Å².